The van der Waals surface area contributed by atoms with Gasteiger partial charge in [-0.15, -0.1) is 0 Å². The average Bonchev–Trinajstić information content (AvgIpc) is 3.13. The van der Waals surface area contributed by atoms with Gasteiger partial charge in [-0.25, -0.2) is 0 Å². The van der Waals surface area contributed by atoms with E-state index in [4.69, 9.17) is 4.74 Å². The summed E-state index contributed by atoms with van der Waals surface area (Å²) >= 11 is 0. The molecule has 4 rings (SSSR count). The first-order valence-electron chi connectivity index (χ1n) is 8.60. The Bertz CT molecular complexity index is 405. The first kappa shape index (κ1) is 13.1. The summed E-state index contributed by atoms with van der Waals surface area (Å²) in [5.41, 5.74) is 0.0576. The van der Waals surface area contributed by atoms with Crippen molar-refractivity contribution in [3.63, 3.8) is 0 Å². The van der Waals surface area contributed by atoms with E-state index < -0.39 is 0 Å². The van der Waals surface area contributed by atoms with Crippen molar-refractivity contribution >= 4 is 5.91 Å². The molecule has 1 heterocycles. The van der Waals surface area contributed by atoms with Crippen LogP contribution >= 0.6 is 0 Å². The zero-order chi connectivity index (χ0) is 13.8. The van der Waals surface area contributed by atoms with Crippen molar-refractivity contribution < 1.29 is 9.53 Å². The Balaban J connectivity index is 1.54. The third-order valence-electron chi connectivity index (χ3n) is 6.43. The zero-order valence-corrected chi connectivity index (χ0v) is 12.7. The summed E-state index contributed by atoms with van der Waals surface area (Å²) in [4.78, 5) is 15.4. The van der Waals surface area contributed by atoms with E-state index in [0.717, 1.165) is 38.8 Å². The van der Waals surface area contributed by atoms with Gasteiger partial charge in [-0.1, -0.05) is 19.3 Å². The molecule has 0 N–H and O–H groups in total. The van der Waals surface area contributed by atoms with Crippen molar-refractivity contribution in [2.24, 2.45) is 11.3 Å². The highest BCUT2D eigenvalue weighted by atomic mass is 16.5. The third kappa shape index (κ3) is 1.85. The molecule has 1 saturated heterocycles. The van der Waals surface area contributed by atoms with E-state index in [-0.39, 0.29) is 17.1 Å². The lowest BCUT2D eigenvalue weighted by Gasteiger charge is -2.50. The van der Waals surface area contributed by atoms with Crippen molar-refractivity contribution in [2.75, 3.05) is 13.2 Å². The van der Waals surface area contributed by atoms with Gasteiger partial charge in [-0.2, -0.15) is 0 Å². The Kier molecular flexibility index (Phi) is 2.93. The third-order valence-corrected chi connectivity index (χ3v) is 6.43. The highest BCUT2D eigenvalue weighted by Gasteiger charge is 2.57. The maximum atomic E-state index is 13.2. The molecule has 0 aromatic rings. The topological polar surface area (TPSA) is 29.5 Å². The van der Waals surface area contributed by atoms with Crippen LogP contribution < -0.4 is 0 Å². The summed E-state index contributed by atoms with van der Waals surface area (Å²) in [6.07, 6.45) is 11.0. The van der Waals surface area contributed by atoms with Crippen LogP contribution in [0.5, 0.6) is 0 Å². The molecule has 0 radical (unpaired) electrons. The number of carbonyl (C=O) groups is 1. The van der Waals surface area contributed by atoms with Crippen LogP contribution in [0.2, 0.25) is 0 Å². The quantitative estimate of drug-likeness (QED) is 0.776. The SMILES string of the molecule is CC1COC2(CCCC2)CN1C(=O)C1(C2CC2)CCC1. The molecule has 3 heteroatoms. The molecular weight excluding hydrogens is 250 g/mol. The molecule has 0 aromatic carbocycles. The minimum atomic E-state index is 0.0106. The van der Waals surface area contributed by atoms with Crippen molar-refractivity contribution in [2.45, 2.75) is 76.4 Å². The second kappa shape index (κ2) is 4.46. The Morgan fingerprint density at radius 3 is 2.35 bits per heavy atom. The largest absolute Gasteiger partial charge is 0.371 e. The second-order valence-corrected chi connectivity index (χ2v) is 7.77. The van der Waals surface area contributed by atoms with Crippen molar-refractivity contribution in [3.8, 4) is 0 Å². The molecule has 20 heavy (non-hydrogen) atoms. The fraction of sp³-hybridized carbons (Fsp3) is 0.941. The van der Waals surface area contributed by atoms with E-state index in [0.29, 0.717) is 11.8 Å². The van der Waals surface area contributed by atoms with Gasteiger partial charge in [0.15, 0.2) is 0 Å². The molecule has 0 aromatic heterocycles. The highest BCUT2D eigenvalue weighted by Crippen LogP contribution is 2.58. The van der Waals surface area contributed by atoms with E-state index in [1.165, 1.54) is 32.1 Å². The monoisotopic (exact) mass is 277 g/mol. The van der Waals surface area contributed by atoms with Gasteiger partial charge in [0.25, 0.3) is 0 Å². The Hall–Kier alpha value is -0.570. The number of amides is 1. The second-order valence-electron chi connectivity index (χ2n) is 7.77. The number of nitrogens with zero attached hydrogens (tertiary/aromatic N) is 1. The zero-order valence-electron chi connectivity index (χ0n) is 12.7. The maximum Gasteiger partial charge on any atom is 0.229 e. The molecule has 3 aliphatic carbocycles. The average molecular weight is 277 g/mol. The van der Waals surface area contributed by atoms with Crippen LogP contribution in [0.1, 0.15) is 64.7 Å². The summed E-state index contributed by atoms with van der Waals surface area (Å²) in [7, 11) is 0. The summed E-state index contributed by atoms with van der Waals surface area (Å²) < 4.78 is 6.17. The number of carbonyl (C=O) groups excluding carboxylic acids is 1. The van der Waals surface area contributed by atoms with Crippen LogP contribution in [0.3, 0.4) is 0 Å². The van der Waals surface area contributed by atoms with Gasteiger partial charge in [0, 0.05) is 0 Å². The lowest BCUT2D eigenvalue weighted by molar-refractivity contribution is -0.174. The molecule has 1 amide bonds. The van der Waals surface area contributed by atoms with Crippen LogP contribution in [-0.2, 0) is 9.53 Å². The fourth-order valence-corrected chi connectivity index (χ4v) is 4.77. The molecule has 1 aliphatic heterocycles. The normalized spacial score (nSPS) is 35.0. The van der Waals surface area contributed by atoms with E-state index in [1.54, 1.807) is 0 Å². The van der Waals surface area contributed by atoms with E-state index >= 15 is 0 Å². The van der Waals surface area contributed by atoms with Crippen LogP contribution in [0.25, 0.3) is 0 Å². The smallest absolute Gasteiger partial charge is 0.229 e. The lowest BCUT2D eigenvalue weighted by Crippen LogP contribution is -2.61. The van der Waals surface area contributed by atoms with Gasteiger partial charge in [-0.05, 0) is 51.4 Å². The molecular formula is C17H27NO2. The number of rotatable bonds is 2. The van der Waals surface area contributed by atoms with Gasteiger partial charge in [0.05, 0.1) is 30.2 Å². The number of morpholine rings is 1. The molecule has 1 unspecified atom stereocenters. The molecule has 1 atom stereocenters. The Morgan fingerprint density at radius 2 is 1.80 bits per heavy atom. The van der Waals surface area contributed by atoms with E-state index in [2.05, 4.69) is 11.8 Å². The number of hydrogen-bond acceptors (Lipinski definition) is 2. The predicted molar refractivity (Wildman–Crippen MR) is 77.3 cm³/mol. The molecule has 4 fully saturated rings. The molecule has 3 saturated carbocycles. The number of ether oxygens (including phenoxy) is 1. The fourth-order valence-electron chi connectivity index (χ4n) is 4.77. The standard InChI is InChI=1S/C17H27NO2/c1-13-11-20-16(7-2-3-8-16)12-18(13)15(19)17(9-4-10-17)14-5-6-14/h13-14H,2-12H2,1H3. The minimum absolute atomic E-state index is 0.0106. The summed E-state index contributed by atoms with van der Waals surface area (Å²) in [5.74, 6) is 1.19. The van der Waals surface area contributed by atoms with E-state index in [1.807, 2.05) is 0 Å². The Morgan fingerprint density at radius 1 is 1.10 bits per heavy atom. The molecule has 1 spiro atoms. The summed E-state index contributed by atoms with van der Waals surface area (Å²) in [6.45, 7) is 3.77. The van der Waals surface area contributed by atoms with Gasteiger partial charge < -0.3 is 9.64 Å². The van der Waals surface area contributed by atoms with Crippen LogP contribution in [-0.4, -0.2) is 35.6 Å². The minimum Gasteiger partial charge on any atom is -0.371 e. The molecule has 112 valence electrons. The first-order chi connectivity index (χ1) is 9.65. The van der Waals surface area contributed by atoms with Crippen LogP contribution in [0.15, 0.2) is 0 Å². The van der Waals surface area contributed by atoms with Crippen molar-refractivity contribution in [1.29, 1.82) is 0 Å². The first-order valence-corrected chi connectivity index (χ1v) is 8.60. The van der Waals surface area contributed by atoms with Gasteiger partial charge in [0.1, 0.15) is 0 Å². The van der Waals surface area contributed by atoms with Crippen LogP contribution in [0.4, 0.5) is 0 Å². The highest BCUT2D eigenvalue weighted by molar-refractivity contribution is 5.85. The summed E-state index contributed by atoms with van der Waals surface area (Å²) in [5, 5.41) is 0. The molecule has 3 nitrogen and oxygen atoms in total. The van der Waals surface area contributed by atoms with Crippen molar-refractivity contribution in [1.82, 2.24) is 4.90 Å². The summed E-state index contributed by atoms with van der Waals surface area (Å²) in [6, 6.07) is 0.268. The Labute approximate surface area is 122 Å². The van der Waals surface area contributed by atoms with Gasteiger partial charge in [-0.3, -0.25) is 4.79 Å². The molecule has 4 aliphatic rings. The maximum absolute atomic E-state index is 13.2. The molecule has 0 bridgehead atoms. The number of hydrogen-bond donors (Lipinski definition) is 0. The van der Waals surface area contributed by atoms with E-state index in [9.17, 15) is 4.79 Å². The van der Waals surface area contributed by atoms with Crippen LogP contribution in [0, 0.1) is 11.3 Å². The van der Waals surface area contributed by atoms with Gasteiger partial charge in [0.2, 0.25) is 5.91 Å². The predicted octanol–water partition coefficient (Wildman–Crippen LogP) is 3.13. The lowest BCUT2D eigenvalue weighted by atomic mass is 9.64. The van der Waals surface area contributed by atoms with Gasteiger partial charge >= 0.3 is 0 Å². The van der Waals surface area contributed by atoms with Crippen molar-refractivity contribution in [3.05, 3.63) is 0 Å².